The molecule has 2 N–H and O–H groups in total. The second-order valence-electron chi connectivity index (χ2n) is 4.42. The largest absolute Gasteiger partial charge is 0.364 e. The summed E-state index contributed by atoms with van der Waals surface area (Å²) in [6, 6.07) is 13.5. The van der Waals surface area contributed by atoms with Crippen molar-refractivity contribution in [3.63, 3.8) is 0 Å². The highest BCUT2D eigenvalue weighted by atomic mass is 16.1. The number of carbonyl (C=O) groups is 1. The first-order valence-electron chi connectivity index (χ1n) is 6.01. The van der Waals surface area contributed by atoms with Gasteiger partial charge in [-0.15, -0.1) is 0 Å². The number of hydrogen-bond donors (Lipinski definition) is 1. The lowest BCUT2D eigenvalue weighted by molar-refractivity contribution is 0.0997. The molecule has 3 aromatic rings. The van der Waals surface area contributed by atoms with Gasteiger partial charge in [0, 0.05) is 11.8 Å². The van der Waals surface area contributed by atoms with Gasteiger partial charge >= 0.3 is 0 Å². The molecule has 0 aliphatic heterocycles. The van der Waals surface area contributed by atoms with Crippen LogP contribution < -0.4 is 5.73 Å². The van der Waals surface area contributed by atoms with Gasteiger partial charge in [-0.1, -0.05) is 30.3 Å². The van der Waals surface area contributed by atoms with Crippen LogP contribution in [0.1, 0.15) is 16.1 Å². The lowest BCUT2D eigenvalue weighted by Crippen LogP contribution is -2.11. The predicted molar refractivity (Wildman–Crippen MR) is 73.9 cm³/mol. The number of amides is 1. The molecule has 19 heavy (non-hydrogen) atoms. The fourth-order valence-electron chi connectivity index (χ4n) is 2.23. The van der Waals surface area contributed by atoms with E-state index in [9.17, 15) is 4.79 Å². The van der Waals surface area contributed by atoms with Crippen molar-refractivity contribution in [2.45, 2.75) is 6.92 Å². The predicted octanol–water partition coefficient (Wildman–Crippen LogP) is 2.41. The minimum Gasteiger partial charge on any atom is -0.364 e. The van der Waals surface area contributed by atoms with Crippen molar-refractivity contribution >= 4 is 11.4 Å². The normalized spacial score (nSPS) is 10.8. The highest BCUT2D eigenvalue weighted by Gasteiger charge is 2.16. The second-order valence-corrected chi connectivity index (χ2v) is 4.42. The minimum atomic E-state index is -0.511. The van der Waals surface area contributed by atoms with Crippen molar-refractivity contribution in [2.24, 2.45) is 5.73 Å². The van der Waals surface area contributed by atoms with Crippen LogP contribution in [0.4, 0.5) is 0 Å². The smallest absolute Gasteiger partial charge is 0.269 e. The van der Waals surface area contributed by atoms with Gasteiger partial charge in [0.2, 0.25) is 0 Å². The average molecular weight is 251 g/mol. The van der Waals surface area contributed by atoms with E-state index >= 15 is 0 Å². The first kappa shape index (κ1) is 11.5. The molecule has 0 radical (unpaired) electrons. The Balaban J connectivity index is 2.37. The van der Waals surface area contributed by atoms with Crippen LogP contribution in [0, 0.1) is 6.92 Å². The highest BCUT2D eigenvalue weighted by Crippen LogP contribution is 2.25. The fourth-order valence-corrected chi connectivity index (χ4v) is 2.23. The molecule has 0 saturated heterocycles. The van der Waals surface area contributed by atoms with Crippen LogP contribution in [0.25, 0.3) is 16.9 Å². The van der Waals surface area contributed by atoms with Crippen LogP contribution in [0.2, 0.25) is 0 Å². The first-order chi connectivity index (χ1) is 9.18. The minimum absolute atomic E-state index is 0.304. The highest BCUT2D eigenvalue weighted by molar-refractivity contribution is 5.99. The number of pyridine rings is 1. The van der Waals surface area contributed by atoms with Crippen LogP contribution in [0.15, 0.2) is 48.7 Å². The Morgan fingerprint density at radius 3 is 2.63 bits per heavy atom. The van der Waals surface area contributed by atoms with Crippen molar-refractivity contribution < 1.29 is 4.79 Å². The van der Waals surface area contributed by atoms with Crippen LogP contribution >= 0.6 is 0 Å². The molecule has 0 saturated carbocycles. The van der Waals surface area contributed by atoms with Crippen LogP contribution in [-0.2, 0) is 0 Å². The van der Waals surface area contributed by atoms with Crippen molar-refractivity contribution in [3.8, 4) is 11.4 Å². The molecule has 4 heteroatoms. The Hall–Kier alpha value is -2.62. The maximum atomic E-state index is 11.5. The van der Waals surface area contributed by atoms with E-state index in [1.54, 1.807) is 0 Å². The second kappa shape index (κ2) is 4.24. The van der Waals surface area contributed by atoms with Crippen molar-refractivity contribution in [2.75, 3.05) is 0 Å². The zero-order valence-corrected chi connectivity index (χ0v) is 10.5. The van der Waals surface area contributed by atoms with Gasteiger partial charge in [0.1, 0.15) is 5.82 Å². The van der Waals surface area contributed by atoms with E-state index in [-0.39, 0.29) is 0 Å². The number of carbonyl (C=O) groups excluding carboxylic acids is 1. The molecule has 0 aliphatic rings. The summed E-state index contributed by atoms with van der Waals surface area (Å²) < 4.78 is 1.89. The van der Waals surface area contributed by atoms with Crippen molar-refractivity contribution in [1.82, 2.24) is 9.38 Å². The number of aryl methyl sites for hydroxylation is 1. The van der Waals surface area contributed by atoms with Gasteiger partial charge in [0.15, 0.2) is 5.69 Å². The molecule has 3 rings (SSSR count). The topological polar surface area (TPSA) is 60.4 Å². The number of aromatic nitrogens is 2. The maximum Gasteiger partial charge on any atom is 0.269 e. The van der Waals surface area contributed by atoms with Gasteiger partial charge in [-0.3, -0.25) is 9.20 Å². The molecule has 1 aromatic carbocycles. The Labute approximate surface area is 110 Å². The third kappa shape index (κ3) is 1.78. The standard InChI is InChI=1S/C15H13N3O/c1-10-6-2-3-7-11(10)15-17-13(14(16)19)12-8-4-5-9-18(12)15/h2-9H,1H3,(H2,16,19). The van der Waals surface area contributed by atoms with E-state index in [1.807, 2.05) is 60.0 Å². The van der Waals surface area contributed by atoms with Crippen LogP contribution in [0.5, 0.6) is 0 Å². The summed E-state index contributed by atoms with van der Waals surface area (Å²) in [5.41, 5.74) is 8.53. The van der Waals surface area contributed by atoms with E-state index in [0.717, 1.165) is 22.5 Å². The van der Waals surface area contributed by atoms with Gasteiger partial charge in [0.25, 0.3) is 5.91 Å². The zero-order valence-electron chi connectivity index (χ0n) is 10.5. The summed E-state index contributed by atoms with van der Waals surface area (Å²) in [6.07, 6.45) is 1.89. The van der Waals surface area contributed by atoms with Gasteiger partial charge < -0.3 is 5.73 Å². The maximum absolute atomic E-state index is 11.5. The molecular weight excluding hydrogens is 238 g/mol. The van der Waals surface area contributed by atoms with Crippen molar-refractivity contribution in [1.29, 1.82) is 0 Å². The van der Waals surface area contributed by atoms with Crippen LogP contribution in [0.3, 0.4) is 0 Å². The summed E-state index contributed by atoms with van der Waals surface area (Å²) >= 11 is 0. The molecule has 94 valence electrons. The number of benzene rings is 1. The Bertz CT molecular complexity index is 774. The first-order valence-corrected chi connectivity index (χ1v) is 6.01. The van der Waals surface area contributed by atoms with Gasteiger partial charge in [-0.05, 0) is 24.6 Å². The van der Waals surface area contributed by atoms with Crippen molar-refractivity contribution in [3.05, 3.63) is 59.9 Å². The molecule has 4 nitrogen and oxygen atoms in total. The number of fused-ring (bicyclic) bond motifs is 1. The third-order valence-electron chi connectivity index (χ3n) is 3.17. The molecule has 1 amide bonds. The lowest BCUT2D eigenvalue weighted by atomic mass is 10.1. The van der Waals surface area contributed by atoms with E-state index in [0.29, 0.717) is 5.69 Å². The molecular formula is C15H13N3O. The van der Waals surface area contributed by atoms with Gasteiger partial charge in [-0.2, -0.15) is 0 Å². The summed E-state index contributed by atoms with van der Waals surface area (Å²) in [7, 11) is 0. The molecule has 0 spiro atoms. The molecule has 0 atom stereocenters. The number of hydrogen-bond acceptors (Lipinski definition) is 2. The van der Waals surface area contributed by atoms with E-state index in [2.05, 4.69) is 4.98 Å². The van der Waals surface area contributed by atoms with E-state index in [4.69, 9.17) is 5.73 Å². The van der Waals surface area contributed by atoms with Gasteiger partial charge in [-0.25, -0.2) is 4.98 Å². The number of imidazole rings is 1. The third-order valence-corrected chi connectivity index (χ3v) is 3.17. The van der Waals surface area contributed by atoms with E-state index < -0.39 is 5.91 Å². The molecule has 0 bridgehead atoms. The molecule has 2 heterocycles. The summed E-state index contributed by atoms with van der Waals surface area (Å²) in [6.45, 7) is 2.02. The molecule has 0 fully saturated rings. The van der Waals surface area contributed by atoms with E-state index in [1.165, 1.54) is 0 Å². The summed E-state index contributed by atoms with van der Waals surface area (Å²) in [4.78, 5) is 15.9. The van der Waals surface area contributed by atoms with Gasteiger partial charge in [0.05, 0.1) is 5.52 Å². The number of nitrogens with two attached hydrogens (primary N) is 1. The Kier molecular flexibility index (Phi) is 2.56. The molecule has 0 aliphatic carbocycles. The Morgan fingerprint density at radius 2 is 1.89 bits per heavy atom. The average Bonchev–Trinajstić information content (AvgIpc) is 2.79. The molecule has 2 aromatic heterocycles. The molecule has 0 unspecified atom stereocenters. The fraction of sp³-hybridized carbons (Fsp3) is 0.0667. The quantitative estimate of drug-likeness (QED) is 0.760. The van der Waals surface area contributed by atoms with Crippen LogP contribution in [-0.4, -0.2) is 15.3 Å². The SMILES string of the molecule is Cc1ccccc1-c1nc(C(N)=O)c2ccccn12. The number of nitrogens with zero attached hydrogens (tertiary/aromatic N) is 2. The Morgan fingerprint density at radius 1 is 1.16 bits per heavy atom. The number of primary amides is 1. The number of rotatable bonds is 2. The summed E-state index contributed by atoms with van der Waals surface area (Å²) in [5.74, 6) is 0.228. The lowest BCUT2D eigenvalue weighted by Gasteiger charge is -2.04. The zero-order chi connectivity index (χ0) is 13.4. The monoisotopic (exact) mass is 251 g/mol. The summed E-state index contributed by atoms with van der Waals surface area (Å²) in [5, 5.41) is 0.